The Morgan fingerprint density at radius 2 is 1.90 bits per heavy atom. The summed E-state index contributed by atoms with van der Waals surface area (Å²) < 4.78 is 0. The zero-order chi connectivity index (χ0) is 14.1. The zero-order valence-corrected chi connectivity index (χ0v) is 12.3. The van der Waals surface area contributed by atoms with Crippen molar-refractivity contribution in [3.63, 3.8) is 0 Å². The fraction of sp³-hybridized carbons (Fsp3) is 0.389. The number of pyridine rings is 1. The second-order valence-corrected chi connectivity index (χ2v) is 6.38. The maximum absolute atomic E-state index is 4.23. The third-order valence-electron chi connectivity index (χ3n) is 4.90. The molecule has 1 saturated heterocycles. The SMILES string of the molecule is c1ccc(CN2CCC3(CC2)Cc2ccncc2N3)cc1. The van der Waals surface area contributed by atoms with Crippen LogP contribution in [0.25, 0.3) is 0 Å². The van der Waals surface area contributed by atoms with E-state index < -0.39 is 0 Å². The van der Waals surface area contributed by atoms with E-state index in [0.29, 0.717) is 0 Å². The van der Waals surface area contributed by atoms with Gasteiger partial charge in [0.1, 0.15) is 0 Å². The van der Waals surface area contributed by atoms with E-state index in [1.54, 1.807) is 0 Å². The molecule has 0 aliphatic carbocycles. The Kier molecular flexibility index (Phi) is 3.15. The molecule has 1 spiro atoms. The predicted molar refractivity (Wildman–Crippen MR) is 85.2 cm³/mol. The van der Waals surface area contributed by atoms with E-state index in [2.05, 4.69) is 51.6 Å². The Balaban J connectivity index is 1.40. The van der Waals surface area contributed by atoms with E-state index in [0.717, 1.165) is 13.0 Å². The topological polar surface area (TPSA) is 28.2 Å². The molecular weight excluding hydrogens is 258 g/mol. The largest absolute Gasteiger partial charge is 0.378 e. The molecule has 0 amide bonds. The molecular formula is C18H21N3. The summed E-state index contributed by atoms with van der Waals surface area (Å²) in [4.78, 5) is 6.81. The van der Waals surface area contributed by atoms with Gasteiger partial charge in [-0.15, -0.1) is 0 Å². The first-order valence-electron chi connectivity index (χ1n) is 7.80. The zero-order valence-electron chi connectivity index (χ0n) is 12.3. The predicted octanol–water partition coefficient (Wildman–Crippen LogP) is 3.08. The minimum Gasteiger partial charge on any atom is -0.378 e. The molecule has 4 rings (SSSR count). The number of anilines is 1. The number of hydrogen-bond acceptors (Lipinski definition) is 3. The van der Waals surface area contributed by atoms with Crippen molar-refractivity contribution in [1.29, 1.82) is 0 Å². The van der Waals surface area contributed by atoms with Crippen molar-refractivity contribution in [3.05, 3.63) is 59.9 Å². The van der Waals surface area contributed by atoms with E-state index in [1.165, 1.54) is 42.7 Å². The van der Waals surface area contributed by atoms with Crippen LogP contribution in [0.5, 0.6) is 0 Å². The van der Waals surface area contributed by atoms with Crippen LogP contribution in [-0.4, -0.2) is 28.5 Å². The molecule has 1 aromatic carbocycles. The number of hydrogen-bond donors (Lipinski definition) is 1. The maximum Gasteiger partial charge on any atom is 0.0564 e. The molecule has 3 heteroatoms. The van der Waals surface area contributed by atoms with Gasteiger partial charge in [0.25, 0.3) is 0 Å². The Bertz CT molecular complexity index is 588. The maximum atomic E-state index is 4.23. The molecule has 2 aromatic rings. The van der Waals surface area contributed by atoms with Crippen molar-refractivity contribution < 1.29 is 0 Å². The highest BCUT2D eigenvalue weighted by atomic mass is 15.2. The summed E-state index contributed by atoms with van der Waals surface area (Å²) in [7, 11) is 0. The average molecular weight is 279 g/mol. The van der Waals surface area contributed by atoms with Gasteiger partial charge >= 0.3 is 0 Å². The Labute approximate surface area is 126 Å². The molecule has 3 heterocycles. The van der Waals surface area contributed by atoms with Gasteiger partial charge in [-0.2, -0.15) is 0 Å². The summed E-state index contributed by atoms with van der Waals surface area (Å²) in [6, 6.07) is 12.9. The standard InChI is InChI=1S/C18H21N3/c1-2-4-15(5-3-1)14-21-10-7-18(8-11-21)12-16-6-9-19-13-17(16)20-18/h1-6,9,13,20H,7-8,10-12,14H2. The highest BCUT2D eigenvalue weighted by Gasteiger charge is 2.39. The number of benzene rings is 1. The molecule has 21 heavy (non-hydrogen) atoms. The second kappa shape index (κ2) is 5.15. The van der Waals surface area contributed by atoms with Gasteiger partial charge in [0.05, 0.1) is 11.9 Å². The molecule has 1 N–H and O–H groups in total. The quantitative estimate of drug-likeness (QED) is 0.915. The minimum atomic E-state index is 0.276. The van der Waals surface area contributed by atoms with Gasteiger partial charge in [0.2, 0.25) is 0 Å². The van der Waals surface area contributed by atoms with Crippen molar-refractivity contribution >= 4 is 5.69 Å². The van der Waals surface area contributed by atoms with Crippen molar-refractivity contribution in [1.82, 2.24) is 9.88 Å². The number of likely N-dealkylation sites (tertiary alicyclic amines) is 1. The van der Waals surface area contributed by atoms with Gasteiger partial charge in [-0.1, -0.05) is 30.3 Å². The lowest BCUT2D eigenvalue weighted by atomic mass is 9.85. The van der Waals surface area contributed by atoms with Crippen LogP contribution in [0.4, 0.5) is 5.69 Å². The first kappa shape index (κ1) is 12.8. The van der Waals surface area contributed by atoms with Crippen molar-refractivity contribution in [2.75, 3.05) is 18.4 Å². The summed E-state index contributed by atoms with van der Waals surface area (Å²) in [6.45, 7) is 3.41. The first-order chi connectivity index (χ1) is 10.3. The first-order valence-corrected chi connectivity index (χ1v) is 7.80. The molecule has 1 aromatic heterocycles. The summed E-state index contributed by atoms with van der Waals surface area (Å²) in [5, 5.41) is 3.75. The van der Waals surface area contributed by atoms with Crippen LogP contribution in [0.3, 0.4) is 0 Å². The molecule has 2 aliphatic heterocycles. The third kappa shape index (κ3) is 2.54. The van der Waals surface area contributed by atoms with E-state index in [1.807, 2.05) is 12.4 Å². The van der Waals surface area contributed by atoms with Gasteiger partial charge in [0, 0.05) is 31.4 Å². The summed E-state index contributed by atoms with van der Waals surface area (Å²) >= 11 is 0. The monoisotopic (exact) mass is 279 g/mol. The van der Waals surface area contributed by atoms with Crippen molar-refractivity contribution in [2.45, 2.75) is 31.3 Å². The summed E-state index contributed by atoms with van der Waals surface area (Å²) in [5.74, 6) is 0. The number of rotatable bonds is 2. The van der Waals surface area contributed by atoms with Gasteiger partial charge in [-0.3, -0.25) is 9.88 Å². The number of nitrogens with one attached hydrogen (secondary N) is 1. The van der Waals surface area contributed by atoms with E-state index in [9.17, 15) is 0 Å². The lowest BCUT2D eigenvalue weighted by molar-refractivity contribution is 0.169. The van der Waals surface area contributed by atoms with Gasteiger partial charge in [-0.25, -0.2) is 0 Å². The molecule has 1 fully saturated rings. The molecule has 0 bridgehead atoms. The van der Waals surface area contributed by atoms with Crippen LogP contribution in [0, 0.1) is 0 Å². The van der Waals surface area contributed by atoms with Crippen LogP contribution in [0.15, 0.2) is 48.8 Å². The summed E-state index contributed by atoms with van der Waals surface area (Å²) in [6.07, 6.45) is 7.47. The van der Waals surface area contributed by atoms with Gasteiger partial charge in [0.15, 0.2) is 0 Å². The molecule has 0 atom stereocenters. The van der Waals surface area contributed by atoms with E-state index >= 15 is 0 Å². The van der Waals surface area contributed by atoms with Crippen LogP contribution in [0.2, 0.25) is 0 Å². The van der Waals surface area contributed by atoms with E-state index in [4.69, 9.17) is 0 Å². The molecule has 3 nitrogen and oxygen atoms in total. The number of fused-ring (bicyclic) bond motifs is 1. The van der Waals surface area contributed by atoms with E-state index in [-0.39, 0.29) is 5.54 Å². The van der Waals surface area contributed by atoms with Crippen LogP contribution < -0.4 is 5.32 Å². The number of piperidine rings is 1. The second-order valence-electron chi connectivity index (χ2n) is 6.38. The normalized spacial score (nSPS) is 20.2. The van der Waals surface area contributed by atoms with Crippen molar-refractivity contribution in [3.8, 4) is 0 Å². The Morgan fingerprint density at radius 1 is 1.10 bits per heavy atom. The average Bonchev–Trinajstić information content (AvgIpc) is 2.89. The fourth-order valence-electron chi connectivity index (χ4n) is 3.67. The molecule has 0 saturated carbocycles. The fourth-order valence-corrected chi connectivity index (χ4v) is 3.67. The highest BCUT2D eigenvalue weighted by molar-refractivity contribution is 5.57. The van der Waals surface area contributed by atoms with Gasteiger partial charge < -0.3 is 5.32 Å². The highest BCUT2D eigenvalue weighted by Crippen LogP contribution is 2.38. The van der Waals surface area contributed by atoms with Crippen LogP contribution >= 0.6 is 0 Å². The smallest absolute Gasteiger partial charge is 0.0564 e. The minimum absolute atomic E-state index is 0.276. The Hall–Kier alpha value is -1.87. The molecule has 0 unspecified atom stereocenters. The van der Waals surface area contributed by atoms with Crippen molar-refractivity contribution in [2.24, 2.45) is 0 Å². The molecule has 2 aliphatic rings. The Morgan fingerprint density at radius 3 is 2.67 bits per heavy atom. The summed E-state index contributed by atoms with van der Waals surface area (Å²) in [5.41, 5.74) is 4.37. The third-order valence-corrected chi connectivity index (χ3v) is 4.90. The van der Waals surface area contributed by atoms with Crippen LogP contribution in [-0.2, 0) is 13.0 Å². The number of nitrogens with zero attached hydrogens (tertiary/aromatic N) is 2. The lowest BCUT2D eigenvalue weighted by Crippen LogP contribution is -2.47. The molecule has 0 radical (unpaired) electrons. The van der Waals surface area contributed by atoms with Crippen LogP contribution in [0.1, 0.15) is 24.0 Å². The lowest BCUT2D eigenvalue weighted by Gasteiger charge is -2.40. The number of aromatic nitrogens is 1. The van der Waals surface area contributed by atoms with Gasteiger partial charge in [-0.05, 0) is 36.5 Å². The molecule has 108 valence electrons.